The van der Waals surface area contributed by atoms with Crippen LogP contribution in [-0.4, -0.2) is 29.8 Å². The van der Waals surface area contributed by atoms with Gasteiger partial charge in [0.05, 0.1) is 13.7 Å². The largest absolute Gasteiger partial charge is 0.462 e. The zero-order valence-corrected chi connectivity index (χ0v) is 8.87. The number of hydrogen-bond donors (Lipinski definition) is 2. The van der Waals surface area contributed by atoms with Crippen molar-refractivity contribution in [3.63, 3.8) is 0 Å². The molecule has 0 saturated heterocycles. The van der Waals surface area contributed by atoms with Gasteiger partial charge in [0.15, 0.2) is 5.82 Å². The molecule has 7 nitrogen and oxygen atoms in total. The van der Waals surface area contributed by atoms with Crippen molar-refractivity contribution >= 4 is 11.8 Å². The molecule has 15 heavy (non-hydrogen) atoms. The van der Waals surface area contributed by atoms with E-state index in [0.717, 1.165) is 0 Å². The Bertz CT molecular complexity index is 371. The third kappa shape index (κ3) is 2.52. The van der Waals surface area contributed by atoms with Crippen LogP contribution in [0.4, 0.5) is 5.82 Å². The summed E-state index contributed by atoms with van der Waals surface area (Å²) < 4.78 is 4.88. The predicted molar refractivity (Wildman–Crippen MR) is 53.7 cm³/mol. The Kier molecular flexibility index (Phi) is 3.78. The Morgan fingerprint density at radius 1 is 1.67 bits per heavy atom. The molecule has 1 rings (SSSR count). The molecule has 0 aliphatic heterocycles. The number of aromatic amines is 1. The second-order valence-electron chi connectivity index (χ2n) is 2.70. The molecule has 1 aromatic rings. The fraction of sp³-hybridized carbons (Fsp3) is 0.500. The molecular weight excluding hydrogens is 198 g/mol. The van der Waals surface area contributed by atoms with Crippen molar-refractivity contribution in [3.05, 3.63) is 11.3 Å². The maximum Gasteiger partial charge on any atom is 0.343 e. The summed E-state index contributed by atoms with van der Waals surface area (Å²) >= 11 is 0. The van der Waals surface area contributed by atoms with Gasteiger partial charge in [-0.1, -0.05) is 5.22 Å². The smallest absolute Gasteiger partial charge is 0.343 e. The van der Waals surface area contributed by atoms with E-state index < -0.39 is 5.97 Å². The van der Waals surface area contributed by atoms with Gasteiger partial charge in [-0.25, -0.2) is 10.2 Å². The molecule has 0 aliphatic carbocycles. The zero-order chi connectivity index (χ0) is 11.3. The van der Waals surface area contributed by atoms with Crippen molar-refractivity contribution < 1.29 is 9.53 Å². The molecule has 2 N–H and O–H groups in total. The number of aryl methyl sites for hydroxylation is 1. The number of hydrogen-bond acceptors (Lipinski definition) is 5. The van der Waals surface area contributed by atoms with Crippen LogP contribution in [0.15, 0.2) is 10.3 Å². The second kappa shape index (κ2) is 5.08. The summed E-state index contributed by atoms with van der Waals surface area (Å²) in [6.07, 6.45) is 0. The van der Waals surface area contributed by atoms with Crippen LogP contribution in [0.3, 0.4) is 0 Å². The highest BCUT2D eigenvalue weighted by atomic mass is 16.5. The first kappa shape index (κ1) is 11.2. The van der Waals surface area contributed by atoms with E-state index in [9.17, 15) is 4.79 Å². The molecule has 0 fully saturated rings. The maximum atomic E-state index is 11.5. The van der Waals surface area contributed by atoms with Crippen molar-refractivity contribution in [1.82, 2.24) is 10.2 Å². The Morgan fingerprint density at radius 3 is 3.00 bits per heavy atom. The molecule has 82 valence electrons. The van der Waals surface area contributed by atoms with Crippen molar-refractivity contribution in [1.29, 1.82) is 0 Å². The number of nitrogens with zero attached hydrogens (tertiary/aromatic N) is 3. The lowest BCUT2D eigenvalue weighted by atomic mass is 10.2. The van der Waals surface area contributed by atoms with Gasteiger partial charge in [0.25, 0.3) is 0 Å². The van der Waals surface area contributed by atoms with Crippen LogP contribution in [0.1, 0.15) is 23.0 Å². The van der Waals surface area contributed by atoms with Gasteiger partial charge in [-0.15, -0.1) is 0 Å². The van der Waals surface area contributed by atoms with Gasteiger partial charge in [0.1, 0.15) is 5.56 Å². The Morgan fingerprint density at radius 2 is 2.40 bits per heavy atom. The fourth-order valence-electron chi connectivity index (χ4n) is 1.06. The highest BCUT2D eigenvalue weighted by Crippen LogP contribution is 2.17. The molecule has 0 spiro atoms. The molecule has 7 heteroatoms. The number of esters is 1. The summed E-state index contributed by atoms with van der Waals surface area (Å²) in [5.74, 6) is -0.117. The van der Waals surface area contributed by atoms with Gasteiger partial charge < -0.3 is 4.74 Å². The average molecular weight is 211 g/mol. The van der Waals surface area contributed by atoms with Gasteiger partial charge in [-0.2, -0.15) is 10.2 Å². The van der Waals surface area contributed by atoms with Crippen LogP contribution < -0.4 is 5.43 Å². The number of aromatic nitrogens is 2. The van der Waals surface area contributed by atoms with E-state index in [4.69, 9.17) is 4.74 Å². The van der Waals surface area contributed by atoms with Gasteiger partial charge in [-0.3, -0.25) is 5.10 Å². The maximum absolute atomic E-state index is 11.5. The summed E-state index contributed by atoms with van der Waals surface area (Å²) in [6.45, 7) is 3.79. The van der Waals surface area contributed by atoms with E-state index in [1.54, 1.807) is 13.8 Å². The van der Waals surface area contributed by atoms with Crippen LogP contribution in [0, 0.1) is 6.92 Å². The lowest BCUT2D eigenvalue weighted by Crippen LogP contribution is -2.07. The fourth-order valence-corrected chi connectivity index (χ4v) is 1.06. The van der Waals surface area contributed by atoms with E-state index in [1.807, 2.05) is 0 Å². The third-order valence-electron chi connectivity index (χ3n) is 1.68. The van der Waals surface area contributed by atoms with Crippen LogP contribution >= 0.6 is 0 Å². The van der Waals surface area contributed by atoms with Crippen molar-refractivity contribution in [2.45, 2.75) is 13.8 Å². The average Bonchev–Trinajstić information content (AvgIpc) is 2.57. The van der Waals surface area contributed by atoms with E-state index in [2.05, 4.69) is 26.0 Å². The van der Waals surface area contributed by atoms with Crippen molar-refractivity contribution in [2.75, 3.05) is 19.1 Å². The number of carbonyl (C=O) groups excluding carboxylic acids is 1. The molecule has 0 amide bonds. The molecule has 1 aromatic heterocycles. The third-order valence-corrected chi connectivity index (χ3v) is 1.68. The molecular formula is C8H13N5O2. The molecule has 0 atom stereocenters. The zero-order valence-electron chi connectivity index (χ0n) is 8.87. The number of anilines is 1. The highest BCUT2D eigenvalue weighted by molar-refractivity contribution is 5.95. The summed E-state index contributed by atoms with van der Waals surface area (Å²) in [5.41, 5.74) is 3.52. The summed E-state index contributed by atoms with van der Waals surface area (Å²) in [7, 11) is 1.51. The number of rotatable bonds is 4. The quantitative estimate of drug-likeness (QED) is 0.446. The molecule has 1 heterocycles. The summed E-state index contributed by atoms with van der Waals surface area (Å²) in [4.78, 5) is 11.5. The van der Waals surface area contributed by atoms with Crippen molar-refractivity contribution in [2.24, 2.45) is 10.3 Å². The number of H-pyrrole nitrogens is 1. The molecule has 0 radical (unpaired) electrons. The van der Waals surface area contributed by atoms with Crippen molar-refractivity contribution in [3.8, 4) is 0 Å². The lowest BCUT2D eigenvalue weighted by molar-refractivity contribution is 0.0526. The molecule has 0 bridgehead atoms. The molecule has 0 aromatic carbocycles. The summed E-state index contributed by atoms with van der Waals surface area (Å²) in [6, 6.07) is 0. The topological polar surface area (TPSA) is 91.7 Å². The number of carbonyl (C=O) groups is 1. The van der Waals surface area contributed by atoms with Gasteiger partial charge in [0.2, 0.25) is 0 Å². The normalized spacial score (nSPS) is 10.6. The SMILES string of the molecule is CCOC(=O)c1c(NN=NC)n[nH]c1C. The van der Waals surface area contributed by atoms with Gasteiger partial charge in [-0.05, 0) is 13.8 Å². The minimum Gasteiger partial charge on any atom is -0.462 e. The molecule has 0 aliphatic rings. The first-order valence-corrected chi connectivity index (χ1v) is 4.47. The highest BCUT2D eigenvalue weighted by Gasteiger charge is 2.18. The minimum atomic E-state index is -0.433. The monoisotopic (exact) mass is 211 g/mol. The van der Waals surface area contributed by atoms with Crippen LogP contribution in [-0.2, 0) is 4.74 Å². The lowest BCUT2D eigenvalue weighted by Gasteiger charge is -2.01. The number of nitrogens with one attached hydrogen (secondary N) is 2. The van der Waals surface area contributed by atoms with E-state index in [0.29, 0.717) is 23.7 Å². The van der Waals surface area contributed by atoms with Gasteiger partial charge >= 0.3 is 5.97 Å². The molecule has 0 saturated carbocycles. The van der Waals surface area contributed by atoms with E-state index in [-0.39, 0.29) is 0 Å². The van der Waals surface area contributed by atoms with Gasteiger partial charge in [0, 0.05) is 5.69 Å². The first-order valence-electron chi connectivity index (χ1n) is 4.47. The standard InChI is InChI=1S/C8H13N5O2/c1-4-15-8(14)6-5(2)10-11-7(6)12-13-9-3/h4H2,1-3H3,(H2,9,10,11,12). The predicted octanol–water partition coefficient (Wildman–Crippen LogP) is 1.30. The summed E-state index contributed by atoms with van der Waals surface area (Å²) in [5, 5.41) is 13.6. The number of ether oxygens (including phenoxy) is 1. The minimum absolute atomic E-state index is 0.316. The second-order valence-corrected chi connectivity index (χ2v) is 2.70. The van der Waals surface area contributed by atoms with Crippen LogP contribution in [0.5, 0.6) is 0 Å². The van der Waals surface area contributed by atoms with Crippen LogP contribution in [0.2, 0.25) is 0 Å². The molecule has 0 unspecified atom stereocenters. The Hall–Kier alpha value is -1.92. The first-order chi connectivity index (χ1) is 7.20. The Balaban J connectivity index is 2.93. The van der Waals surface area contributed by atoms with E-state index >= 15 is 0 Å². The van der Waals surface area contributed by atoms with Crippen LogP contribution in [0.25, 0.3) is 0 Å². The Labute approximate surface area is 86.9 Å². The van der Waals surface area contributed by atoms with E-state index in [1.165, 1.54) is 7.05 Å².